The highest BCUT2D eigenvalue weighted by Crippen LogP contribution is 2.27. The second kappa shape index (κ2) is 8.95. The van der Waals surface area contributed by atoms with Gasteiger partial charge in [-0.15, -0.1) is 0 Å². The van der Waals surface area contributed by atoms with Crippen LogP contribution in [0.2, 0.25) is 0 Å². The number of esters is 1. The van der Waals surface area contributed by atoms with Crippen LogP contribution in [-0.2, 0) is 27.1 Å². The zero-order valence-electron chi connectivity index (χ0n) is 15.0. The smallest absolute Gasteiger partial charge is 0.336 e. The summed E-state index contributed by atoms with van der Waals surface area (Å²) in [6.45, 7) is 0. The van der Waals surface area contributed by atoms with Crippen molar-refractivity contribution in [3.05, 3.63) is 59.2 Å². The van der Waals surface area contributed by atoms with Gasteiger partial charge in [-0.1, -0.05) is 18.2 Å². The molecule has 144 valence electrons. The Hall–Kier alpha value is -3.19. The van der Waals surface area contributed by atoms with Crippen molar-refractivity contribution in [3.63, 3.8) is 0 Å². The first kappa shape index (κ1) is 20.1. The molecule has 0 saturated carbocycles. The minimum absolute atomic E-state index is 0.0639. The van der Waals surface area contributed by atoms with Gasteiger partial charge in [0, 0.05) is 25.7 Å². The van der Waals surface area contributed by atoms with Crippen LogP contribution in [0.5, 0.6) is 23.0 Å². The molecule has 0 bridgehead atoms. The van der Waals surface area contributed by atoms with Crippen LogP contribution in [0.15, 0.2) is 48.0 Å². The minimum atomic E-state index is -0.716. The van der Waals surface area contributed by atoms with Gasteiger partial charge in [-0.25, -0.2) is 4.79 Å². The Balaban J connectivity index is 2.30. The highest BCUT2D eigenvalue weighted by molar-refractivity contribution is 5.89. The molecule has 27 heavy (non-hydrogen) atoms. The first-order valence-corrected chi connectivity index (χ1v) is 8.18. The third-order valence-corrected chi connectivity index (χ3v) is 4.14. The normalized spacial score (nSPS) is 12.6. The Bertz CT molecular complexity index is 842. The Morgan fingerprint density at radius 2 is 1.52 bits per heavy atom. The lowest BCUT2D eigenvalue weighted by atomic mass is 9.98. The fourth-order valence-corrected chi connectivity index (χ4v) is 2.65. The van der Waals surface area contributed by atoms with Gasteiger partial charge in [0.1, 0.15) is 23.0 Å². The molecule has 2 rings (SSSR count). The number of aromatic hydroxyl groups is 4. The Morgan fingerprint density at radius 3 is 2.00 bits per heavy atom. The maximum absolute atomic E-state index is 12.2. The predicted octanol–water partition coefficient (Wildman–Crippen LogP) is 2.41. The molecule has 0 aliphatic rings. The molecule has 2 aromatic carbocycles. The molecule has 0 fully saturated rings. The SMILES string of the molecule is COC(=O)/C(=C\Cc1ccc(O)cc1O)[C@H](Cc1ccc(O)cc1O)OC. The van der Waals surface area contributed by atoms with E-state index in [9.17, 15) is 25.2 Å². The summed E-state index contributed by atoms with van der Waals surface area (Å²) < 4.78 is 10.2. The number of carbonyl (C=O) groups excluding carboxylic acids is 1. The van der Waals surface area contributed by atoms with Gasteiger partial charge in [-0.05, 0) is 29.7 Å². The van der Waals surface area contributed by atoms with Gasteiger partial charge >= 0.3 is 5.97 Å². The topological polar surface area (TPSA) is 116 Å². The molecule has 1 atom stereocenters. The Labute approximate surface area is 156 Å². The monoisotopic (exact) mass is 374 g/mol. The van der Waals surface area contributed by atoms with Crippen molar-refractivity contribution in [1.29, 1.82) is 0 Å². The number of phenolic OH excluding ortho intramolecular Hbond substituents is 4. The van der Waals surface area contributed by atoms with Crippen LogP contribution in [0.1, 0.15) is 11.1 Å². The van der Waals surface area contributed by atoms with E-state index in [0.717, 1.165) is 0 Å². The molecule has 0 aliphatic heterocycles. The number of allylic oxidation sites excluding steroid dienone is 1. The van der Waals surface area contributed by atoms with Gasteiger partial charge in [-0.2, -0.15) is 0 Å². The number of rotatable bonds is 7. The van der Waals surface area contributed by atoms with Crippen molar-refractivity contribution >= 4 is 5.97 Å². The fraction of sp³-hybridized carbons (Fsp3) is 0.250. The van der Waals surface area contributed by atoms with Crippen LogP contribution in [0.3, 0.4) is 0 Å². The quantitative estimate of drug-likeness (QED) is 0.434. The zero-order valence-corrected chi connectivity index (χ0v) is 15.0. The molecule has 0 unspecified atom stereocenters. The minimum Gasteiger partial charge on any atom is -0.508 e. The highest BCUT2D eigenvalue weighted by Gasteiger charge is 2.23. The Morgan fingerprint density at radius 1 is 0.963 bits per heavy atom. The van der Waals surface area contributed by atoms with E-state index in [2.05, 4.69) is 0 Å². The van der Waals surface area contributed by atoms with E-state index in [4.69, 9.17) is 9.47 Å². The number of hydrogen-bond acceptors (Lipinski definition) is 7. The van der Waals surface area contributed by atoms with Gasteiger partial charge < -0.3 is 29.9 Å². The summed E-state index contributed by atoms with van der Waals surface area (Å²) in [7, 11) is 2.68. The second-order valence-corrected chi connectivity index (χ2v) is 5.91. The van der Waals surface area contributed by atoms with Crippen LogP contribution in [0, 0.1) is 0 Å². The first-order chi connectivity index (χ1) is 12.8. The summed E-state index contributed by atoms with van der Waals surface area (Å²) in [5.74, 6) is -0.945. The molecule has 4 N–H and O–H groups in total. The summed E-state index contributed by atoms with van der Waals surface area (Å²) in [6.07, 6.45) is 1.24. The lowest BCUT2D eigenvalue weighted by Crippen LogP contribution is -2.24. The number of carbonyl (C=O) groups is 1. The van der Waals surface area contributed by atoms with Crippen molar-refractivity contribution in [2.24, 2.45) is 0 Å². The molecule has 7 heteroatoms. The van der Waals surface area contributed by atoms with Crippen LogP contribution in [0.4, 0.5) is 0 Å². The summed E-state index contributed by atoms with van der Waals surface area (Å²) in [5, 5.41) is 38.6. The average Bonchev–Trinajstić information content (AvgIpc) is 2.63. The molecule has 0 amide bonds. The summed E-state index contributed by atoms with van der Waals surface area (Å²) in [6, 6.07) is 8.36. The molecule has 0 aromatic heterocycles. The maximum atomic E-state index is 12.2. The van der Waals surface area contributed by atoms with Crippen molar-refractivity contribution in [1.82, 2.24) is 0 Å². The van der Waals surface area contributed by atoms with Gasteiger partial charge in [0.05, 0.1) is 18.8 Å². The number of methoxy groups -OCH3 is 2. The average molecular weight is 374 g/mol. The van der Waals surface area contributed by atoms with E-state index in [0.29, 0.717) is 11.1 Å². The molecule has 0 saturated heterocycles. The number of benzene rings is 2. The van der Waals surface area contributed by atoms with Crippen molar-refractivity contribution in [3.8, 4) is 23.0 Å². The van der Waals surface area contributed by atoms with E-state index < -0.39 is 12.1 Å². The van der Waals surface area contributed by atoms with E-state index in [1.807, 2.05) is 0 Å². The van der Waals surface area contributed by atoms with Gasteiger partial charge in [-0.3, -0.25) is 0 Å². The van der Waals surface area contributed by atoms with Gasteiger partial charge in [0.25, 0.3) is 0 Å². The first-order valence-electron chi connectivity index (χ1n) is 8.18. The molecule has 0 aliphatic carbocycles. The van der Waals surface area contributed by atoms with E-state index in [-0.39, 0.29) is 41.4 Å². The lowest BCUT2D eigenvalue weighted by molar-refractivity contribution is -0.137. The number of ether oxygens (including phenoxy) is 2. The number of hydrogen-bond donors (Lipinski definition) is 4. The third-order valence-electron chi connectivity index (χ3n) is 4.14. The van der Waals surface area contributed by atoms with Crippen LogP contribution >= 0.6 is 0 Å². The van der Waals surface area contributed by atoms with Crippen LogP contribution < -0.4 is 0 Å². The Kier molecular flexibility index (Phi) is 6.67. The van der Waals surface area contributed by atoms with Crippen LogP contribution in [0.25, 0.3) is 0 Å². The molecule has 0 spiro atoms. The fourth-order valence-electron chi connectivity index (χ4n) is 2.65. The second-order valence-electron chi connectivity index (χ2n) is 5.91. The van der Waals surface area contributed by atoms with E-state index in [1.54, 1.807) is 12.1 Å². The zero-order chi connectivity index (χ0) is 20.0. The van der Waals surface area contributed by atoms with Crippen LogP contribution in [-0.4, -0.2) is 46.7 Å². The molecule has 0 heterocycles. The summed E-state index contributed by atoms with van der Waals surface area (Å²) in [4.78, 5) is 12.2. The van der Waals surface area contributed by atoms with Crippen molar-refractivity contribution < 1.29 is 34.7 Å². The van der Waals surface area contributed by atoms with E-state index in [1.165, 1.54) is 44.6 Å². The predicted molar refractivity (Wildman–Crippen MR) is 97.8 cm³/mol. The third kappa shape index (κ3) is 5.15. The molecule has 0 radical (unpaired) electrons. The molecular weight excluding hydrogens is 352 g/mol. The maximum Gasteiger partial charge on any atom is 0.336 e. The van der Waals surface area contributed by atoms with Gasteiger partial charge in [0.2, 0.25) is 0 Å². The summed E-state index contributed by atoms with van der Waals surface area (Å²) in [5.41, 5.74) is 1.22. The molecule has 2 aromatic rings. The summed E-state index contributed by atoms with van der Waals surface area (Å²) >= 11 is 0. The molecule has 7 nitrogen and oxygen atoms in total. The van der Waals surface area contributed by atoms with E-state index >= 15 is 0 Å². The van der Waals surface area contributed by atoms with Crippen molar-refractivity contribution in [2.45, 2.75) is 18.9 Å². The largest absolute Gasteiger partial charge is 0.508 e. The van der Waals surface area contributed by atoms with Crippen molar-refractivity contribution in [2.75, 3.05) is 14.2 Å². The molecular formula is C20H22O7. The number of phenols is 4. The standard InChI is InChI=1S/C20H22O7/c1-26-19(9-13-4-7-15(22)11-18(13)24)16(20(25)27-2)8-5-12-3-6-14(21)10-17(12)23/h3-4,6-8,10-11,19,21-24H,5,9H2,1-2H3/b16-8-/t19-/m0/s1. The van der Waals surface area contributed by atoms with Gasteiger partial charge in [0.15, 0.2) is 0 Å². The highest BCUT2D eigenvalue weighted by atomic mass is 16.5. The lowest BCUT2D eigenvalue weighted by Gasteiger charge is -2.18.